The maximum absolute atomic E-state index is 14.3. The average Bonchev–Trinajstić information content (AvgIpc) is 3.47. The number of carbonyl (C=O) groups excluding carboxylic acids is 1. The Labute approximate surface area is 164 Å². The number of anilines is 1. The van der Waals surface area contributed by atoms with Crippen LogP contribution in [0.3, 0.4) is 0 Å². The quantitative estimate of drug-likeness (QED) is 0.559. The Morgan fingerprint density at radius 2 is 1.93 bits per heavy atom. The summed E-state index contributed by atoms with van der Waals surface area (Å²) in [5.74, 6) is -0.351. The maximum atomic E-state index is 14.3. The summed E-state index contributed by atoms with van der Waals surface area (Å²) in [6, 6.07) is 13.6. The van der Waals surface area contributed by atoms with Gasteiger partial charge in [0, 0.05) is 16.8 Å². The molecule has 8 nitrogen and oxygen atoms in total. The lowest BCUT2D eigenvalue weighted by atomic mass is 10.1. The Hall–Kier alpha value is -3.88. The number of benzene rings is 2. The lowest BCUT2D eigenvalue weighted by Gasteiger charge is -2.08. The van der Waals surface area contributed by atoms with Gasteiger partial charge in [-0.1, -0.05) is 24.3 Å². The second kappa shape index (κ2) is 6.93. The normalized spacial score (nSPS) is 12.7. The third kappa shape index (κ3) is 2.96. The number of carbonyl (C=O) groups is 1. The second-order valence-corrected chi connectivity index (χ2v) is 6.73. The van der Waals surface area contributed by atoms with Gasteiger partial charge in [-0.25, -0.2) is 9.07 Å². The molecule has 4 aromatic rings. The Bertz CT molecular complexity index is 1200. The Morgan fingerprint density at radius 1 is 1.10 bits per heavy atom. The molecule has 2 heterocycles. The fraction of sp³-hybridized carbons (Fsp3) is 0.150. The predicted octanol–water partition coefficient (Wildman–Crippen LogP) is 2.93. The van der Waals surface area contributed by atoms with E-state index in [1.54, 1.807) is 35.0 Å². The first-order valence-corrected chi connectivity index (χ1v) is 9.22. The van der Waals surface area contributed by atoms with E-state index in [-0.39, 0.29) is 11.7 Å². The van der Waals surface area contributed by atoms with Crippen LogP contribution in [0.5, 0.6) is 0 Å². The fourth-order valence-corrected chi connectivity index (χ4v) is 3.69. The van der Waals surface area contributed by atoms with Gasteiger partial charge in [-0.3, -0.25) is 4.79 Å². The molecule has 2 aromatic carbocycles. The van der Waals surface area contributed by atoms with E-state index >= 15 is 0 Å². The van der Waals surface area contributed by atoms with E-state index < -0.39 is 0 Å². The number of para-hydroxylation sites is 2. The summed E-state index contributed by atoms with van der Waals surface area (Å²) in [5.41, 5.74) is 3.58. The van der Waals surface area contributed by atoms with Gasteiger partial charge in [0.25, 0.3) is 5.91 Å². The predicted molar refractivity (Wildman–Crippen MR) is 103 cm³/mol. The molecule has 0 bridgehead atoms. The largest absolute Gasteiger partial charge is 0.320 e. The smallest absolute Gasteiger partial charge is 0.276 e. The maximum Gasteiger partial charge on any atom is 0.276 e. The summed E-state index contributed by atoms with van der Waals surface area (Å²) in [4.78, 5) is 13.1. The summed E-state index contributed by atoms with van der Waals surface area (Å²) >= 11 is 0. The van der Waals surface area contributed by atoms with Crippen LogP contribution in [0.15, 0.2) is 48.5 Å². The number of hydrogen-bond donors (Lipinski definition) is 2. The highest BCUT2D eigenvalue weighted by Gasteiger charge is 2.28. The molecule has 29 heavy (non-hydrogen) atoms. The molecule has 0 unspecified atom stereocenters. The van der Waals surface area contributed by atoms with Crippen LogP contribution in [0, 0.1) is 5.82 Å². The van der Waals surface area contributed by atoms with E-state index in [0.29, 0.717) is 28.5 Å². The standard InChI is InChI=1S/C20H16FN7O/c21-14-8-2-4-10-17(14)28-16-11-5-7-13(16)18(25-28)20(29)22-15-9-3-1-6-12(15)19-23-26-27-24-19/h1-4,6,8-10H,5,7,11H2,(H,22,29)(H,23,24,26,27). The molecule has 0 atom stereocenters. The SMILES string of the molecule is O=C(Nc1ccccc1-c1nn[nH]n1)c1nn(-c2ccccc2F)c2c1CCC2. The third-order valence-corrected chi connectivity index (χ3v) is 4.99. The zero-order chi connectivity index (χ0) is 19.8. The first-order valence-electron chi connectivity index (χ1n) is 9.22. The molecule has 0 spiro atoms. The Balaban J connectivity index is 1.53. The first kappa shape index (κ1) is 17.2. The van der Waals surface area contributed by atoms with Crippen LogP contribution in [-0.2, 0) is 12.8 Å². The molecule has 0 radical (unpaired) electrons. The minimum atomic E-state index is -0.376. The number of H-pyrrole nitrogens is 1. The Kier molecular flexibility index (Phi) is 4.12. The number of rotatable bonds is 4. The number of tetrazole rings is 1. The number of aromatic amines is 1. The van der Waals surface area contributed by atoms with Crippen molar-refractivity contribution in [3.8, 4) is 17.1 Å². The highest BCUT2D eigenvalue weighted by Crippen LogP contribution is 2.30. The number of fused-ring (bicyclic) bond motifs is 1. The van der Waals surface area contributed by atoms with Gasteiger partial charge in [-0.15, -0.1) is 10.2 Å². The van der Waals surface area contributed by atoms with Gasteiger partial charge in [-0.2, -0.15) is 10.3 Å². The van der Waals surface area contributed by atoms with Crippen molar-refractivity contribution in [2.24, 2.45) is 0 Å². The molecular formula is C20H16FN7O. The van der Waals surface area contributed by atoms with Crippen LogP contribution < -0.4 is 5.32 Å². The van der Waals surface area contributed by atoms with Crippen LogP contribution in [0.2, 0.25) is 0 Å². The molecule has 1 amide bonds. The molecule has 5 rings (SSSR count). The molecular weight excluding hydrogens is 373 g/mol. The van der Waals surface area contributed by atoms with Crippen LogP contribution >= 0.6 is 0 Å². The van der Waals surface area contributed by atoms with E-state index in [1.165, 1.54) is 6.07 Å². The second-order valence-electron chi connectivity index (χ2n) is 6.73. The zero-order valence-electron chi connectivity index (χ0n) is 15.3. The lowest BCUT2D eigenvalue weighted by Crippen LogP contribution is -2.15. The summed E-state index contributed by atoms with van der Waals surface area (Å²) in [6.07, 6.45) is 2.39. The molecule has 1 aliphatic rings. The molecule has 2 N–H and O–H groups in total. The molecule has 9 heteroatoms. The third-order valence-electron chi connectivity index (χ3n) is 4.99. The van der Waals surface area contributed by atoms with E-state index in [9.17, 15) is 9.18 Å². The highest BCUT2D eigenvalue weighted by atomic mass is 19.1. The van der Waals surface area contributed by atoms with E-state index in [4.69, 9.17) is 0 Å². The molecule has 0 fully saturated rings. The van der Waals surface area contributed by atoms with Gasteiger partial charge < -0.3 is 5.32 Å². The number of hydrogen-bond acceptors (Lipinski definition) is 5. The molecule has 0 saturated carbocycles. The molecule has 1 aliphatic carbocycles. The van der Waals surface area contributed by atoms with Gasteiger partial charge in [0.1, 0.15) is 11.5 Å². The summed E-state index contributed by atoms with van der Waals surface area (Å²) in [7, 11) is 0. The van der Waals surface area contributed by atoms with Crippen molar-refractivity contribution < 1.29 is 9.18 Å². The number of aromatic nitrogens is 6. The molecule has 2 aromatic heterocycles. The minimum Gasteiger partial charge on any atom is -0.320 e. The number of nitrogens with zero attached hydrogens (tertiary/aromatic N) is 5. The number of amides is 1. The summed E-state index contributed by atoms with van der Waals surface area (Å²) in [6.45, 7) is 0. The number of halogens is 1. The molecule has 0 saturated heterocycles. The van der Waals surface area contributed by atoms with Crippen LogP contribution in [0.4, 0.5) is 10.1 Å². The monoisotopic (exact) mass is 389 g/mol. The van der Waals surface area contributed by atoms with E-state index in [1.807, 2.05) is 12.1 Å². The molecule has 144 valence electrons. The van der Waals surface area contributed by atoms with Crippen molar-refractivity contribution in [1.29, 1.82) is 0 Å². The van der Waals surface area contributed by atoms with Gasteiger partial charge in [0.15, 0.2) is 5.69 Å². The Morgan fingerprint density at radius 3 is 2.76 bits per heavy atom. The van der Waals surface area contributed by atoms with Gasteiger partial charge in [0.2, 0.25) is 5.82 Å². The molecule has 0 aliphatic heterocycles. The van der Waals surface area contributed by atoms with Crippen molar-refractivity contribution in [2.75, 3.05) is 5.32 Å². The van der Waals surface area contributed by atoms with Gasteiger partial charge >= 0.3 is 0 Å². The summed E-state index contributed by atoms with van der Waals surface area (Å²) < 4.78 is 15.9. The first-order chi connectivity index (χ1) is 14.2. The topological polar surface area (TPSA) is 101 Å². The fourth-order valence-electron chi connectivity index (χ4n) is 3.69. The van der Waals surface area contributed by atoms with Crippen molar-refractivity contribution >= 4 is 11.6 Å². The van der Waals surface area contributed by atoms with Crippen molar-refractivity contribution in [3.05, 3.63) is 71.3 Å². The minimum absolute atomic E-state index is 0.309. The zero-order valence-corrected chi connectivity index (χ0v) is 15.3. The van der Waals surface area contributed by atoms with Crippen LogP contribution in [0.1, 0.15) is 28.2 Å². The summed E-state index contributed by atoms with van der Waals surface area (Å²) in [5, 5.41) is 21.3. The average molecular weight is 389 g/mol. The highest BCUT2D eigenvalue weighted by molar-refractivity contribution is 6.06. The van der Waals surface area contributed by atoms with Crippen molar-refractivity contribution in [2.45, 2.75) is 19.3 Å². The van der Waals surface area contributed by atoms with Gasteiger partial charge in [0.05, 0.1) is 5.69 Å². The van der Waals surface area contributed by atoms with E-state index in [0.717, 1.165) is 30.5 Å². The van der Waals surface area contributed by atoms with E-state index in [2.05, 4.69) is 31.0 Å². The van der Waals surface area contributed by atoms with Crippen molar-refractivity contribution in [1.82, 2.24) is 30.4 Å². The van der Waals surface area contributed by atoms with Gasteiger partial charge in [-0.05, 0) is 48.7 Å². The lowest BCUT2D eigenvalue weighted by molar-refractivity contribution is 0.102. The number of nitrogens with one attached hydrogen (secondary N) is 2. The van der Waals surface area contributed by atoms with Crippen LogP contribution in [0.25, 0.3) is 17.1 Å². The van der Waals surface area contributed by atoms with Crippen molar-refractivity contribution in [3.63, 3.8) is 0 Å². The van der Waals surface area contributed by atoms with Crippen LogP contribution in [-0.4, -0.2) is 36.3 Å².